The normalized spacial score (nSPS) is 15.8. The summed E-state index contributed by atoms with van der Waals surface area (Å²) in [4.78, 5) is 32.0. The smallest absolute Gasteiger partial charge is 0.334 e. The molecule has 1 aliphatic heterocycles. The number of aromatic nitrogens is 3. The lowest BCUT2D eigenvalue weighted by atomic mass is 10.0. The maximum Gasteiger partial charge on any atom is 0.334 e. The van der Waals surface area contributed by atoms with Crippen LogP contribution in [-0.2, 0) is 4.79 Å². The van der Waals surface area contributed by atoms with Gasteiger partial charge in [0.1, 0.15) is 5.75 Å². The number of rotatable bonds is 5. The highest BCUT2D eigenvalue weighted by atomic mass is 35.5. The van der Waals surface area contributed by atoms with Crippen LogP contribution in [0.5, 0.6) is 5.75 Å². The minimum atomic E-state index is -0.154. The standard InChI is InChI=1S/C27H25ClN4O3/c1-3-25(33)30-15-5-6-20(17-30)32-23-13-14-29-16-24(23)31(27(32)34)19-11-9-18(10-12-19)21-7-4-8-22(28)26(21)35-2/h3-4,7-14,16,20H,1,5-6,15,17H2,2H3/t20-/m1/s1. The van der Waals surface area contributed by atoms with Gasteiger partial charge in [-0.15, -0.1) is 0 Å². The van der Waals surface area contributed by atoms with E-state index in [4.69, 9.17) is 16.3 Å². The van der Waals surface area contributed by atoms with Gasteiger partial charge in [0.15, 0.2) is 0 Å². The summed E-state index contributed by atoms with van der Waals surface area (Å²) in [5, 5.41) is 0.538. The molecule has 1 amide bonds. The molecule has 178 valence electrons. The van der Waals surface area contributed by atoms with E-state index in [1.54, 1.807) is 39.6 Å². The van der Waals surface area contributed by atoms with E-state index < -0.39 is 0 Å². The third-order valence-electron chi connectivity index (χ3n) is 6.53. The molecule has 0 aliphatic carbocycles. The van der Waals surface area contributed by atoms with Gasteiger partial charge in [-0.1, -0.05) is 42.4 Å². The summed E-state index contributed by atoms with van der Waals surface area (Å²) < 4.78 is 8.97. The first-order valence-corrected chi connectivity index (χ1v) is 11.8. The molecule has 3 heterocycles. The van der Waals surface area contributed by atoms with Gasteiger partial charge in [0.2, 0.25) is 5.91 Å². The monoisotopic (exact) mass is 488 g/mol. The molecule has 1 fully saturated rings. The molecule has 2 aromatic heterocycles. The molecule has 0 N–H and O–H groups in total. The van der Waals surface area contributed by atoms with E-state index in [1.807, 2.05) is 42.5 Å². The molecule has 35 heavy (non-hydrogen) atoms. The Morgan fingerprint density at radius 3 is 2.71 bits per heavy atom. The van der Waals surface area contributed by atoms with E-state index in [0.29, 0.717) is 23.9 Å². The first-order chi connectivity index (χ1) is 17.0. The van der Waals surface area contributed by atoms with Crippen molar-refractivity contribution in [3.8, 4) is 22.6 Å². The van der Waals surface area contributed by atoms with Crippen molar-refractivity contribution in [2.75, 3.05) is 20.2 Å². The van der Waals surface area contributed by atoms with Crippen LogP contribution in [0.25, 0.3) is 27.8 Å². The van der Waals surface area contributed by atoms with Gasteiger partial charge in [-0.05, 0) is 48.7 Å². The summed E-state index contributed by atoms with van der Waals surface area (Å²) in [6.45, 7) is 4.75. The van der Waals surface area contributed by atoms with E-state index in [9.17, 15) is 9.59 Å². The summed E-state index contributed by atoms with van der Waals surface area (Å²) in [6.07, 6.45) is 6.36. The topological polar surface area (TPSA) is 69.4 Å². The number of nitrogens with zero attached hydrogens (tertiary/aromatic N) is 4. The summed E-state index contributed by atoms with van der Waals surface area (Å²) in [5.74, 6) is 0.496. The van der Waals surface area contributed by atoms with Crippen LogP contribution in [0.15, 0.2) is 78.4 Å². The molecule has 5 rings (SSSR count). The van der Waals surface area contributed by atoms with Crippen LogP contribution in [0.1, 0.15) is 18.9 Å². The second-order valence-corrected chi connectivity index (χ2v) is 8.91. The lowest BCUT2D eigenvalue weighted by molar-refractivity contribution is -0.127. The van der Waals surface area contributed by atoms with E-state index in [0.717, 1.165) is 40.7 Å². The van der Waals surface area contributed by atoms with Gasteiger partial charge in [0, 0.05) is 24.8 Å². The molecular weight excluding hydrogens is 464 g/mol. The number of halogens is 1. The fourth-order valence-electron chi connectivity index (χ4n) is 4.90. The SMILES string of the molecule is C=CC(=O)N1CCC[C@@H](n2c(=O)n(-c3ccc(-c4cccc(Cl)c4OC)cc3)c3cnccc32)C1. The van der Waals surface area contributed by atoms with E-state index in [2.05, 4.69) is 11.6 Å². The van der Waals surface area contributed by atoms with Gasteiger partial charge >= 0.3 is 5.69 Å². The minimum absolute atomic E-state index is 0.111. The van der Waals surface area contributed by atoms with Gasteiger partial charge < -0.3 is 9.64 Å². The van der Waals surface area contributed by atoms with Crippen molar-refractivity contribution in [3.05, 3.63) is 89.1 Å². The van der Waals surface area contributed by atoms with Gasteiger partial charge in [-0.25, -0.2) is 4.79 Å². The summed E-state index contributed by atoms with van der Waals surface area (Å²) >= 11 is 6.30. The van der Waals surface area contributed by atoms with Crippen LogP contribution in [0.4, 0.5) is 0 Å². The molecule has 1 aliphatic rings. The second-order valence-electron chi connectivity index (χ2n) is 8.50. The molecule has 1 saturated heterocycles. The molecule has 4 aromatic rings. The number of fused-ring (bicyclic) bond motifs is 1. The van der Waals surface area contributed by atoms with Crippen LogP contribution in [0.3, 0.4) is 0 Å². The maximum absolute atomic E-state index is 13.8. The summed E-state index contributed by atoms with van der Waals surface area (Å²) in [5.41, 5.74) is 3.89. The highest BCUT2D eigenvalue weighted by molar-refractivity contribution is 6.32. The second kappa shape index (κ2) is 9.43. The Morgan fingerprint density at radius 2 is 1.97 bits per heavy atom. The number of piperidine rings is 1. The average molecular weight is 489 g/mol. The number of carbonyl (C=O) groups is 1. The van der Waals surface area contributed by atoms with Crippen LogP contribution < -0.4 is 10.4 Å². The number of benzene rings is 2. The summed E-state index contributed by atoms with van der Waals surface area (Å²) in [6, 6.07) is 15.0. The van der Waals surface area contributed by atoms with Crippen LogP contribution in [0.2, 0.25) is 5.02 Å². The molecule has 0 bridgehead atoms. The zero-order valence-corrected chi connectivity index (χ0v) is 20.1. The lowest BCUT2D eigenvalue weighted by Crippen LogP contribution is -2.42. The van der Waals surface area contributed by atoms with Crippen LogP contribution >= 0.6 is 11.6 Å². The molecule has 2 aromatic carbocycles. The molecular formula is C27H25ClN4O3. The van der Waals surface area contributed by atoms with Gasteiger partial charge in [-0.2, -0.15) is 0 Å². The number of hydrogen-bond donors (Lipinski definition) is 0. The molecule has 0 saturated carbocycles. The predicted molar refractivity (Wildman–Crippen MR) is 137 cm³/mol. The Bertz CT molecular complexity index is 1470. The molecule has 8 heteroatoms. The quantitative estimate of drug-likeness (QED) is 0.376. The molecule has 0 unspecified atom stereocenters. The van der Waals surface area contributed by atoms with Crippen molar-refractivity contribution in [3.63, 3.8) is 0 Å². The average Bonchev–Trinajstić information content (AvgIpc) is 3.19. The molecule has 0 radical (unpaired) electrons. The van der Waals surface area contributed by atoms with E-state index in [-0.39, 0.29) is 17.6 Å². The Balaban J connectivity index is 1.58. The number of carbonyl (C=O) groups excluding carboxylic acids is 1. The Kier molecular flexibility index (Phi) is 6.17. The van der Waals surface area contributed by atoms with Gasteiger partial charge in [0.25, 0.3) is 0 Å². The van der Waals surface area contributed by atoms with Crippen molar-refractivity contribution in [1.82, 2.24) is 19.0 Å². The number of likely N-dealkylation sites (tertiary alicyclic amines) is 1. The Labute approximate surface area is 207 Å². The third kappa shape index (κ3) is 4.02. The first-order valence-electron chi connectivity index (χ1n) is 11.4. The number of methoxy groups -OCH3 is 1. The molecule has 0 spiro atoms. The maximum atomic E-state index is 13.8. The summed E-state index contributed by atoms with van der Waals surface area (Å²) in [7, 11) is 1.59. The molecule has 7 nitrogen and oxygen atoms in total. The number of amides is 1. The predicted octanol–water partition coefficient (Wildman–Crippen LogP) is 4.87. The Morgan fingerprint density at radius 1 is 1.17 bits per heavy atom. The highest BCUT2D eigenvalue weighted by Crippen LogP contribution is 2.36. The number of hydrogen-bond acceptors (Lipinski definition) is 4. The van der Waals surface area contributed by atoms with Crippen LogP contribution in [0, 0.1) is 0 Å². The number of ether oxygens (including phenoxy) is 1. The minimum Gasteiger partial charge on any atom is -0.495 e. The van der Waals surface area contributed by atoms with E-state index in [1.165, 1.54) is 6.08 Å². The van der Waals surface area contributed by atoms with Crippen molar-refractivity contribution in [2.24, 2.45) is 0 Å². The number of pyridine rings is 1. The van der Waals surface area contributed by atoms with Crippen molar-refractivity contribution >= 4 is 28.5 Å². The molecule has 1 atom stereocenters. The zero-order valence-electron chi connectivity index (χ0n) is 19.4. The highest BCUT2D eigenvalue weighted by Gasteiger charge is 2.27. The van der Waals surface area contributed by atoms with Gasteiger partial charge in [-0.3, -0.25) is 18.9 Å². The largest absolute Gasteiger partial charge is 0.495 e. The number of para-hydroxylation sites is 1. The fraction of sp³-hybridized carbons (Fsp3) is 0.222. The van der Waals surface area contributed by atoms with Crippen molar-refractivity contribution in [1.29, 1.82) is 0 Å². The number of imidazole rings is 1. The van der Waals surface area contributed by atoms with Gasteiger partial charge in [0.05, 0.1) is 41.1 Å². The van der Waals surface area contributed by atoms with Crippen molar-refractivity contribution in [2.45, 2.75) is 18.9 Å². The van der Waals surface area contributed by atoms with E-state index >= 15 is 0 Å². The third-order valence-corrected chi connectivity index (χ3v) is 6.83. The zero-order chi connectivity index (χ0) is 24.5. The van der Waals surface area contributed by atoms with Crippen LogP contribution in [-0.4, -0.2) is 45.1 Å². The Hall–Kier alpha value is -3.84. The van der Waals surface area contributed by atoms with Crippen molar-refractivity contribution < 1.29 is 9.53 Å². The lowest BCUT2D eigenvalue weighted by Gasteiger charge is -2.32. The first kappa shape index (κ1) is 22.9. The fourth-order valence-corrected chi connectivity index (χ4v) is 5.15.